The predicted octanol–water partition coefficient (Wildman–Crippen LogP) is 5.99. The van der Waals surface area contributed by atoms with Gasteiger partial charge in [0.05, 0.1) is 23.3 Å². The first-order valence-electron chi connectivity index (χ1n) is 11.5. The number of para-hydroxylation sites is 1. The lowest BCUT2D eigenvalue weighted by Crippen LogP contribution is -2.29. The molecule has 3 aromatic rings. The zero-order valence-electron chi connectivity index (χ0n) is 20.0. The van der Waals surface area contributed by atoms with Crippen LogP contribution in [0.4, 0.5) is 5.69 Å². The van der Waals surface area contributed by atoms with E-state index in [0.29, 0.717) is 22.4 Å². The molecule has 0 unspecified atom stereocenters. The van der Waals surface area contributed by atoms with Gasteiger partial charge in [0, 0.05) is 12.1 Å². The molecule has 0 aromatic heterocycles. The molecule has 4 rings (SSSR count). The normalized spacial score (nSPS) is 15.5. The fourth-order valence-corrected chi connectivity index (χ4v) is 4.57. The summed E-state index contributed by atoms with van der Waals surface area (Å²) >= 11 is 1.34. The molecule has 0 saturated carbocycles. The number of amidine groups is 1. The summed E-state index contributed by atoms with van der Waals surface area (Å²) in [5, 5.41) is 9.70. The van der Waals surface area contributed by atoms with Gasteiger partial charge in [-0.25, -0.2) is 9.79 Å². The number of rotatable bonds is 9. The number of hydrogen-bond acceptors (Lipinski definition) is 6. The Labute approximate surface area is 214 Å². The zero-order chi connectivity index (χ0) is 25.5. The number of carbonyl (C=O) groups is 2. The van der Waals surface area contributed by atoms with E-state index in [1.54, 1.807) is 36.3 Å². The van der Waals surface area contributed by atoms with E-state index >= 15 is 0 Å². The first kappa shape index (κ1) is 25.1. The number of methoxy groups -OCH3 is 1. The molecule has 1 N–H and O–H groups in total. The second-order valence-corrected chi connectivity index (χ2v) is 9.00. The van der Waals surface area contributed by atoms with Gasteiger partial charge in [-0.3, -0.25) is 9.69 Å². The van der Waals surface area contributed by atoms with E-state index in [1.165, 1.54) is 11.8 Å². The highest BCUT2D eigenvalue weighted by molar-refractivity contribution is 8.18. The zero-order valence-corrected chi connectivity index (χ0v) is 20.8. The van der Waals surface area contributed by atoms with Crippen molar-refractivity contribution in [1.82, 2.24) is 4.90 Å². The Morgan fingerprint density at radius 1 is 1.06 bits per heavy atom. The topological polar surface area (TPSA) is 88.4 Å². The largest absolute Gasteiger partial charge is 0.497 e. The lowest BCUT2D eigenvalue weighted by Gasteiger charge is -2.14. The number of hydrogen-bond donors (Lipinski definition) is 1. The summed E-state index contributed by atoms with van der Waals surface area (Å²) in [6.45, 7) is 2.87. The molecule has 1 saturated heterocycles. The van der Waals surface area contributed by atoms with Gasteiger partial charge in [-0.15, -0.1) is 0 Å². The smallest absolute Gasteiger partial charge is 0.335 e. The molecule has 8 heteroatoms. The number of carboxylic acid groups (broad SMARTS) is 1. The number of ether oxygens (including phenoxy) is 2. The minimum absolute atomic E-state index is 0.0897. The minimum atomic E-state index is -0.967. The number of aliphatic imine (C=N–C) groups is 1. The highest BCUT2D eigenvalue weighted by atomic mass is 32.2. The summed E-state index contributed by atoms with van der Waals surface area (Å²) in [5.74, 6) is 0.316. The Morgan fingerprint density at radius 2 is 1.78 bits per heavy atom. The number of carbonyl (C=O) groups excluding carboxylic acids is 1. The maximum atomic E-state index is 13.2. The Balaban J connectivity index is 1.55. The van der Waals surface area contributed by atoms with Gasteiger partial charge in [-0.1, -0.05) is 37.3 Å². The van der Waals surface area contributed by atoms with Crippen molar-refractivity contribution in [2.75, 3.05) is 13.7 Å². The van der Waals surface area contributed by atoms with Crippen LogP contribution in [0.2, 0.25) is 0 Å². The van der Waals surface area contributed by atoms with E-state index in [0.717, 1.165) is 29.0 Å². The third-order valence-electron chi connectivity index (χ3n) is 5.43. The molecule has 184 valence electrons. The van der Waals surface area contributed by atoms with Gasteiger partial charge in [0.15, 0.2) is 5.17 Å². The van der Waals surface area contributed by atoms with Crippen molar-refractivity contribution in [2.45, 2.75) is 20.0 Å². The van der Waals surface area contributed by atoms with Crippen LogP contribution in [0.5, 0.6) is 11.5 Å². The summed E-state index contributed by atoms with van der Waals surface area (Å²) in [6, 6.07) is 21.4. The second-order valence-electron chi connectivity index (χ2n) is 7.99. The predicted molar refractivity (Wildman–Crippen MR) is 142 cm³/mol. The van der Waals surface area contributed by atoms with E-state index in [-0.39, 0.29) is 18.1 Å². The van der Waals surface area contributed by atoms with Crippen LogP contribution >= 0.6 is 11.8 Å². The molecule has 0 atom stereocenters. The Hall–Kier alpha value is -4.04. The second kappa shape index (κ2) is 11.6. The molecule has 1 aliphatic rings. The molecule has 1 heterocycles. The number of carboxylic acids is 1. The van der Waals surface area contributed by atoms with Crippen LogP contribution < -0.4 is 9.47 Å². The Morgan fingerprint density at radius 3 is 2.44 bits per heavy atom. The fourth-order valence-electron chi connectivity index (χ4n) is 3.56. The van der Waals surface area contributed by atoms with E-state index in [4.69, 9.17) is 19.6 Å². The quantitative estimate of drug-likeness (QED) is 0.362. The number of aromatic carboxylic acids is 1. The molecule has 3 aromatic carbocycles. The lowest BCUT2D eigenvalue weighted by molar-refractivity contribution is -0.122. The van der Waals surface area contributed by atoms with Gasteiger partial charge in [0.1, 0.15) is 18.1 Å². The van der Waals surface area contributed by atoms with Crippen LogP contribution in [0.3, 0.4) is 0 Å². The molecule has 0 aliphatic carbocycles. The van der Waals surface area contributed by atoms with Crippen LogP contribution in [-0.4, -0.2) is 40.7 Å². The van der Waals surface area contributed by atoms with E-state index in [1.807, 2.05) is 61.5 Å². The van der Waals surface area contributed by atoms with Crippen molar-refractivity contribution in [3.8, 4) is 11.5 Å². The van der Waals surface area contributed by atoms with Gasteiger partial charge in [0.25, 0.3) is 5.91 Å². The SMILES string of the molecule is CCCN1C(=O)C(=Cc2ccccc2OCc2ccc(C(=O)O)cc2)SC1=Nc1ccc(OC)cc1. The first-order chi connectivity index (χ1) is 17.5. The van der Waals surface area contributed by atoms with Crippen LogP contribution in [0.15, 0.2) is 82.7 Å². The summed E-state index contributed by atoms with van der Waals surface area (Å²) in [5.41, 5.74) is 2.59. The number of benzene rings is 3. The number of thioether (sulfide) groups is 1. The van der Waals surface area contributed by atoms with Gasteiger partial charge < -0.3 is 14.6 Å². The standard InChI is InChI=1S/C28H26N2O5S/c1-3-16-30-26(31)25(36-28(30)29-22-12-14-23(34-2)15-13-22)17-21-6-4-5-7-24(21)35-18-19-8-10-20(11-9-19)27(32)33/h4-15,17H,3,16,18H2,1-2H3,(H,32,33). The number of amides is 1. The molecule has 0 spiro atoms. The van der Waals surface area contributed by atoms with Gasteiger partial charge in [-0.2, -0.15) is 0 Å². The van der Waals surface area contributed by atoms with Crippen molar-refractivity contribution < 1.29 is 24.2 Å². The van der Waals surface area contributed by atoms with Gasteiger partial charge in [-0.05, 0) is 72.3 Å². The minimum Gasteiger partial charge on any atom is -0.497 e. The van der Waals surface area contributed by atoms with Crippen LogP contribution in [-0.2, 0) is 11.4 Å². The third kappa shape index (κ3) is 5.95. The lowest BCUT2D eigenvalue weighted by atomic mass is 10.1. The number of nitrogens with zero attached hydrogens (tertiary/aromatic N) is 2. The summed E-state index contributed by atoms with van der Waals surface area (Å²) in [4.78, 5) is 31.3. The highest BCUT2D eigenvalue weighted by Crippen LogP contribution is 2.36. The molecular formula is C28H26N2O5S. The van der Waals surface area contributed by atoms with Crippen molar-refractivity contribution in [2.24, 2.45) is 4.99 Å². The molecule has 1 aliphatic heterocycles. The first-order valence-corrected chi connectivity index (χ1v) is 12.3. The van der Waals surface area contributed by atoms with Crippen molar-refractivity contribution in [1.29, 1.82) is 0 Å². The molecule has 0 bridgehead atoms. The molecule has 0 radical (unpaired) electrons. The molecule has 7 nitrogen and oxygen atoms in total. The van der Waals surface area contributed by atoms with Crippen molar-refractivity contribution in [3.63, 3.8) is 0 Å². The Kier molecular flexibility index (Phi) is 8.07. The molecule has 1 fully saturated rings. The Bertz CT molecular complexity index is 1300. The summed E-state index contributed by atoms with van der Waals surface area (Å²) in [6.07, 6.45) is 2.64. The van der Waals surface area contributed by atoms with Gasteiger partial charge >= 0.3 is 5.97 Å². The van der Waals surface area contributed by atoms with Crippen molar-refractivity contribution in [3.05, 3.63) is 94.4 Å². The average molecular weight is 503 g/mol. The summed E-state index contributed by atoms with van der Waals surface area (Å²) in [7, 11) is 1.61. The average Bonchev–Trinajstić information content (AvgIpc) is 3.18. The molecule has 1 amide bonds. The van der Waals surface area contributed by atoms with E-state index < -0.39 is 5.97 Å². The van der Waals surface area contributed by atoms with E-state index in [9.17, 15) is 9.59 Å². The fraction of sp³-hybridized carbons (Fsp3) is 0.179. The van der Waals surface area contributed by atoms with Crippen LogP contribution in [0.1, 0.15) is 34.8 Å². The molecule has 36 heavy (non-hydrogen) atoms. The highest BCUT2D eigenvalue weighted by Gasteiger charge is 2.33. The van der Waals surface area contributed by atoms with Crippen LogP contribution in [0.25, 0.3) is 6.08 Å². The maximum Gasteiger partial charge on any atom is 0.335 e. The monoisotopic (exact) mass is 502 g/mol. The maximum absolute atomic E-state index is 13.2. The van der Waals surface area contributed by atoms with E-state index in [2.05, 4.69) is 0 Å². The van der Waals surface area contributed by atoms with Gasteiger partial charge in [0.2, 0.25) is 0 Å². The summed E-state index contributed by atoms with van der Waals surface area (Å²) < 4.78 is 11.2. The molecular weight excluding hydrogens is 476 g/mol. The van der Waals surface area contributed by atoms with Crippen molar-refractivity contribution >= 4 is 40.6 Å². The van der Waals surface area contributed by atoms with Crippen LogP contribution in [0, 0.1) is 0 Å². The third-order valence-corrected chi connectivity index (χ3v) is 6.44.